The smallest absolute Gasteiger partial charge is 0.234 e. The van der Waals surface area contributed by atoms with Gasteiger partial charge in [0.05, 0.1) is 12.1 Å². The van der Waals surface area contributed by atoms with E-state index in [1.165, 1.54) is 16.2 Å². The molecular weight excluding hydrogens is 336 g/mol. The fourth-order valence-corrected chi connectivity index (χ4v) is 4.20. The number of hydrogen-bond donors (Lipinski definition) is 2. The van der Waals surface area contributed by atoms with Crippen molar-refractivity contribution in [1.82, 2.24) is 10.2 Å². The number of nitrogens with one attached hydrogen (secondary N) is 2. The summed E-state index contributed by atoms with van der Waals surface area (Å²) in [5, 5.41) is 15.8. The Morgan fingerprint density at radius 3 is 2.68 bits per heavy atom. The highest BCUT2D eigenvalue weighted by Gasteiger charge is 2.21. The molecule has 1 aromatic rings. The van der Waals surface area contributed by atoms with Crippen LogP contribution in [0, 0.1) is 11.3 Å². The van der Waals surface area contributed by atoms with Gasteiger partial charge in [-0.25, -0.2) is 0 Å². The highest BCUT2D eigenvalue weighted by Crippen LogP contribution is 2.37. The third kappa shape index (κ3) is 5.55. The van der Waals surface area contributed by atoms with Crippen molar-refractivity contribution >= 4 is 28.2 Å². The van der Waals surface area contributed by atoms with Gasteiger partial charge in [-0.05, 0) is 52.1 Å². The lowest BCUT2D eigenvalue weighted by Gasteiger charge is -2.17. The first kappa shape index (κ1) is 19.4. The first-order valence-corrected chi connectivity index (χ1v) is 9.54. The average Bonchev–Trinajstić information content (AvgIpc) is 2.88. The number of fused-ring (bicyclic) bond motifs is 1. The van der Waals surface area contributed by atoms with E-state index in [0.717, 1.165) is 31.2 Å². The molecule has 2 amide bonds. The van der Waals surface area contributed by atoms with Crippen LogP contribution in [0.2, 0.25) is 0 Å². The topological polar surface area (TPSA) is 85.2 Å². The fraction of sp³-hybridized carbons (Fsp3) is 0.611. The van der Waals surface area contributed by atoms with Crippen LogP contribution in [0.25, 0.3) is 0 Å². The lowest BCUT2D eigenvalue weighted by Crippen LogP contribution is -2.39. The Morgan fingerprint density at radius 2 is 2.00 bits per heavy atom. The summed E-state index contributed by atoms with van der Waals surface area (Å²) in [4.78, 5) is 27.0. The lowest BCUT2D eigenvalue weighted by atomic mass is 9.96. The summed E-state index contributed by atoms with van der Waals surface area (Å²) in [6.45, 7) is 4.59. The second-order valence-corrected chi connectivity index (χ2v) is 7.89. The van der Waals surface area contributed by atoms with Gasteiger partial charge in [0.25, 0.3) is 0 Å². The van der Waals surface area contributed by atoms with Crippen molar-refractivity contribution in [2.75, 3.05) is 25.5 Å². The molecule has 0 spiro atoms. The molecule has 0 bridgehead atoms. The molecule has 2 N–H and O–H groups in total. The van der Waals surface area contributed by atoms with Crippen LogP contribution in [0.15, 0.2) is 0 Å². The van der Waals surface area contributed by atoms with Gasteiger partial charge in [0.15, 0.2) is 0 Å². The molecule has 0 fully saturated rings. The number of carbonyl (C=O) groups is 2. The van der Waals surface area contributed by atoms with Crippen LogP contribution in [0.4, 0.5) is 5.00 Å². The Kier molecular flexibility index (Phi) is 6.97. The maximum atomic E-state index is 12.2. The molecule has 1 aromatic heterocycles. The molecule has 1 heterocycles. The number of thiophene rings is 1. The maximum absolute atomic E-state index is 12.2. The number of likely N-dealkylation sites (N-methyl/N-ethyl adjacent to an activating group) is 1. The molecule has 1 aliphatic carbocycles. The maximum Gasteiger partial charge on any atom is 0.234 e. The number of nitrogens with zero attached hydrogens (tertiary/aromatic N) is 2. The van der Waals surface area contributed by atoms with E-state index >= 15 is 0 Å². The van der Waals surface area contributed by atoms with Crippen molar-refractivity contribution < 1.29 is 9.59 Å². The molecule has 136 valence electrons. The van der Waals surface area contributed by atoms with E-state index < -0.39 is 0 Å². The Labute approximate surface area is 153 Å². The molecule has 2 rings (SSSR count). The third-order valence-corrected chi connectivity index (χ3v) is 5.33. The van der Waals surface area contributed by atoms with Crippen molar-refractivity contribution in [3.63, 3.8) is 0 Å². The van der Waals surface area contributed by atoms with Crippen molar-refractivity contribution in [2.24, 2.45) is 0 Å². The quantitative estimate of drug-likeness (QED) is 0.779. The third-order valence-electron chi connectivity index (χ3n) is 4.12. The van der Waals surface area contributed by atoms with Gasteiger partial charge in [-0.2, -0.15) is 5.26 Å². The number of rotatable bonds is 7. The fourth-order valence-electron chi connectivity index (χ4n) is 2.95. The largest absolute Gasteiger partial charge is 0.353 e. The summed E-state index contributed by atoms with van der Waals surface area (Å²) in [6.07, 6.45) is 4.47. The standard InChI is InChI=1S/C18H26N4O2S/c1-12(2)20-17(24)11-22(3)9-8-16(23)21-18-14(10-19)13-6-4-5-7-15(13)25-18/h12H,4-9,11H2,1-3H3,(H,20,24)(H,21,23). The van der Waals surface area contributed by atoms with E-state index in [9.17, 15) is 14.9 Å². The van der Waals surface area contributed by atoms with Crippen LogP contribution >= 0.6 is 11.3 Å². The number of aryl methyl sites for hydroxylation is 1. The highest BCUT2D eigenvalue weighted by molar-refractivity contribution is 7.16. The van der Waals surface area contributed by atoms with Crippen LogP contribution in [-0.2, 0) is 22.4 Å². The number of anilines is 1. The van der Waals surface area contributed by atoms with E-state index in [-0.39, 0.29) is 24.4 Å². The monoisotopic (exact) mass is 362 g/mol. The number of carbonyl (C=O) groups excluding carboxylic acids is 2. The summed E-state index contributed by atoms with van der Waals surface area (Å²) in [5.74, 6) is -0.165. The first-order valence-electron chi connectivity index (χ1n) is 8.73. The molecular formula is C18H26N4O2S. The molecule has 0 atom stereocenters. The number of hydrogen-bond acceptors (Lipinski definition) is 5. The van der Waals surface area contributed by atoms with Crippen molar-refractivity contribution in [3.8, 4) is 6.07 Å². The molecule has 0 aromatic carbocycles. The van der Waals surface area contributed by atoms with Crippen LogP contribution in [-0.4, -0.2) is 42.9 Å². The molecule has 0 aliphatic heterocycles. The molecule has 7 heteroatoms. The predicted molar refractivity (Wildman–Crippen MR) is 99.7 cm³/mol. The SMILES string of the molecule is CC(C)NC(=O)CN(C)CCC(=O)Nc1sc2c(c1C#N)CCCC2. The zero-order valence-corrected chi connectivity index (χ0v) is 16.0. The summed E-state index contributed by atoms with van der Waals surface area (Å²) in [5.41, 5.74) is 1.76. The minimum atomic E-state index is -0.119. The second-order valence-electron chi connectivity index (χ2n) is 6.78. The van der Waals surface area contributed by atoms with E-state index in [4.69, 9.17) is 0 Å². The molecule has 0 saturated carbocycles. The van der Waals surface area contributed by atoms with Gasteiger partial charge >= 0.3 is 0 Å². The van der Waals surface area contributed by atoms with Gasteiger partial charge in [-0.15, -0.1) is 11.3 Å². The van der Waals surface area contributed by atoms with E-state index in [1.54, 1.807) is 0 Å². The number of nitriles is 1. The van der Waals surface area contributed by atoms with E-state index in [1.807, 2.05) is 25.8 Å². The van der Waals surface area contributed by atoms with E-state index in [2.05, 4.69) is 16.7 Å². The van der Waals surface area contributed by atoms with Crippen LogP contribution in [0.1, 0.15) is 49.1 Å². The molecule has 6 nitrogen and oxygen atoms in total. The highest BCUT2D eigenvalue weighted by atomic mass is 32.1. The Morgan fingerprint density at radius 1 is 1.28 bits per heavy atom. The van der Waals surface area contributed by atoms with Crippen LogP contribution in [0.5, 0.6) is 0 Å². The Balaban J connectivity index is 1.86. The van der Waals surface area contributed by atoms with Crippen molar-refractivity contribution in [3.05, 3.63) is 16.0 Å². The average molecular weight is 362 g/mol. The van der Waals surface area contributed by atoms with Gasteiger partial charge < -0.3 is 10.6 Å². The van der Waals surface area contributed by atoms with Gasteiger partial charge in [0.2, 0.25) is 11.8 Å². The summed E-state index contributed by atoms with van der Waals surface area (Å²) in [7, 11) is 1.82. The van der Waals surface area contributed by atoms with E-state index in [0.29, 0.717) is 23.5 Å². The molecule has 25 heavy (non-hydrogen) atoms. The molecule has 0 saturated heterocycles. The minimum Gasteiger partial charge on any atom is -0.353 e. The zero-order valence-electron chi connectivity index (χ0n) is 15.1. The van der Waals surface area contributed by atoms with Gasteiger partial charge in [0.1, 0.15) is 11.1 Å². The first-order chi connectivity index (χ1) is 11.9. The second kappa shape index (κ2) is 8.97. The zero-order chi connectivity index (χ0) is 18.4. The lowest BCUT2D eigenvalue weighted by molar-refractivity contribution is -0.123. The summed E-state index contributed by atoms with van der Waals surface area (Å²) in [6, 6.07) is 2.36. The Hall–Kier alpha value is -1.91. The van der Waals surface area contributed by atoms with Gasteiger partial charge in [0, 0.05) is 23.9 Å². The normalized spacial score (nSPS) is 13.4. The number of amides is 2. The predicted octanol–water partition coefficient (Wildman–Crippen LogP) is 2.28. The van der Waals surface area contributed by atoms with Gasteiger partial charge in [-0.1, -0.05) is 0 Å². The van der Waals surface area contributed by atoms with Crippen molar-refractivity contribution in [1.29, 1.82) is 5.26 Å². The minimum absolute atomic E-state index is 0.0457. The van der Waals surface area contributed by atoms with Crippen LogP contribution < -0.4 is 10.6 Å². The molecule has 0 radical (unpaired) electrons. The van der Waals surface area contributed by atoms with Crippen LogP contribution in [0.3, 0.4) is 0 Å². The molecule has 0 unspecified atom stereocenters. The summed E-state index contributed by atoms with van der Waals surface area (Å²) < 4.78 is 0. The summed E-state index contributed by atoms with van der Waals surface area (Å²) >= 11 is 1.53. The Bertz CT molecular complexity index is 675. The van der Waals surface area contributed by atoms with Gasteiger partial charge in [-0.3, -0.25) is 14.5 Å². The van der Waals surface area contributed by atoms with Crippen molar-refractivity contribution in [2.45, 2.75) is 52.0 Å². The molecule has 1 aliphatic rings.